The minimum atomic E-state index is -0.181. The van der Waals surface area contributed by atoms with Crippen molar-refractivity contribution in [2.45, 2.75) is 58.9 Å². The summed E-state index contributed by atoms with van der Waals surface area (Å²) in [5.41, 5.74) is 2.17. The lowest BCUT2D eigenvalue weighted by Gasteiger charge is -2.24. The van der Waals surface area contributed by atoms with Gasteiger partial charge < -0.3 is 14.4 Å². The molecule has 3 rings (SSSR count). The molecular formula is C18H24N4O3. The molecule has 1 fully saturated rings. The third-order valence-corrected chi connectivity index (χ3v) is 4.77. The lowest BCUT2D eigenvalue weighted by Crippen LogP contribution is -2.34. The monoisotopic (exact) mass is 344 g/mol. The Balaban J connectivity index is 1.85. The van der Waals surface area contributed by atoms with Gasteiger partial charge in [-0.25, -0.2) is 4.98 Å². The first-order chi connectivity index (χ1) is 11.9. The highest BCUT2D eigenvalue weighted by molar-refractivity contribution is 5.79. The van der Waals surface area contributed by atoms with Gasteiger partial charge in [0.25, 0.3) is 5.56 Å². The number of hydrogen-bond acceptors (Lipinski definition) is 5. The first-order valence-electron chi connectivity index (χ1n) is 8.69. The van der Waals surface area contributed by atoms with Crippen molar-refractivity contribution in [1.82, 2.24) is 20.0 Å². The summed E-state index contributed by atoms with van der Waals surface area (Å²) in [5, 5.41) is 3.91. The first-order valence-corrected chi connectivity index (χ1v) is 8.69. The minimum Gasteiger partial charge on any atom is -0.361 e. The number of likely N-dealkylation sites (tertiary alicyclic amines) is 1. The van der Waals surface area contributed by atoms with Crippen LogP contribution in [-0.4, -0.2) is 32.5 Å². The largest absolute Gasteiger partial charge is 0.361 e. The van der Waals surface area contributed by atoms with E-state index in [1.54, 1.807) is 0 Å². The van der Waals surface area contributed by atoms with E-state index in [-0.39, 0.29) is 29.8 Å². The molecule has 1 aliphatic heterocycles. The number of nitrogens with one attached hydrogen (secondary N) is 1. The molecule has 0 radical (unpaired) electrons. The van der Waals surface area contributed by atoms with Crippen molar-refractivity contribution in [3.63, 3.8) is 0 Å². The first kappa shape index (κ1) is 17.4. The number of H-pyrrole nitrogens is 1. The van der Waals surface area contributed by atoms with E-state index in [4.69, 9.17) is 4.52 Å². The van der Waals surface area contributed by atoms with Crippen molar-refractivity contribution in [1.29, 1.82) is 0 Å². The zero-order valence-electron chi connectivity index (χ0n) is 15.1. The Kier molecular flexibility index (Phi) is 4.74. The molecule has 0 unspecified atom stereocenters. The van der Waals surface area contributed by atoms with Gasteiger partial charge in [-0.1, -0.05) is 19.0 Å². The third kappa shape index (κ3) is 3.50. The maximum atomic E-state index is 12.8. The Hall–Kier alpha value is -2.44. The SMILES string of the molecule is Cc1noc(C)c1CC(=O)N1CCC[C@H]1c1nc(C(C)C)cc(=O)[nH]1. The number of nitrogens with zero attached hydrogens (tertiary/aromatic N) is 3. The predicted octanol–water partition coefficient (Wildman–Crippen LogP) is 2.40. The lowest BCUT2D eigenvalue weighted by molar-refractivity contribution is -0.131. The van der Waals surface area contributed by atoms with Crippen LogP contribution in [0.1, 0.15) is 67.2 Å². The molecular weight excluding hydrogens is 320 g/mol. The van der Waals surface area contributed by atoms with Crippen molar-refractivity contribution in [2.75, 3.05) is 6.54 Å². The van der Waals surface area contributed by atoms with E-state index in [0.717, 1.165) is 29.8 Å². The maximum Gasteiger partial charge on any atom is 0.251 e. The molecule has 1 atom stereocenters. The molecule has 25 heavy (non-hydrogen) atoms. The standard InChI is InChI=1S/C18H24N4O3/c1-10(2)14-9-16(23)20-18(19-14)15-6-5-7-22(15)17(24)8-13-11(3)21-25-12(13)4/h9-10,15H,5-8H2,1-4H3,(H,19,20,23)/t15-/m0/s1. The summed E-state index contributed by atoms with van der Waals surface area (Å²) in [6, 6.07) is 1.35. The second-order valence-corrected chi connectivity index (χ2v) is 6.93. The molecule has 1 N–H and O–H groups in total. The Morgan fingerprint density at radius 1 is 1.44 bits per heavy atom. The van der Waals surface area contributed by atoms with Gasteiger partial charge >= 0.3 is 0 Å². The van der Waals surface area contributed by atoms with Gasteiger partial charge in [-0.15, -0.1) is 0 Å². The van der Waals surface area contributed by atoms with Gasteiger partial charge in [0.2, 0.25) is 5.91 Å². The zero-order chi connectivity index (χ0) is 18.1. The van der Waals surface area contributed by atoms with Crippen LogP contribution in [0.25, 0.3) is 0 Å². The fourth-order valence-corrected chi connectivity index (χ4v) is 3.31. The van der Waals surface area contributed by atoms with Gasteiger partial charge in [-0.05, 0) is 32.6 Å². The quantitative estimate of drug-likeness (QED) is 0.919. The minimum absolute atomic E-state index is 0.00880. The van der Waals surface area contributed by atoms with E-state index in [9.17, 15) is 9.59 Å². The fourth-order valence-electron chi connectivity index (χ4n) is 3.31. The van der Waals surface area contributed by atoms with Crippen LogP contribution in [0.15, 0.2) is 15.4 Å². The summed E-state index contributed by atoms with van der Waals surface area (Å²) >= 11 is 0. The third-order valence-electron chi connectivity index (χ3n) is 4.77. The highest BCUT2D eigenvalue weighted by Crippen LogP contribution is 2.31. The Morgan fingerprint density at radius 3 is 2.84 bits per heavy atom. The second kappa shape index (κ2) is 6.82. The maximum absolute atomic E-state index is 12.8. The lowest BCUT2D eigenvalue weighted by atomic mass is 10.1. The molecule has 134 valence electrons. The summed E-state index contributed by atoms with van der Waals surface area (Å²) in [5.74, 6) is 1.43. The summed E-state index contributed by atoms with van der Waals surface area (Å²) < 4.78 is 5.15. The second-order valence-electron chi connectivity index (χ2n) is 6.93. The predicted molar refractivity (Wildman–Crippen MR) is 92.3 cm³/mol. The van der Waals surface area contributed by atoms with Gasteiger partial charge in [0.15, 0.2) is 0 Å². The van der Waals surface area contributed by atoms with Crippen LogP contribution in [0.3, 0.4) is 0 Å². The number of carbonyl (C=O) groups is 1. The molecule has 7 heteroatoms. The van der Waals surface area contributed by atoms with Gasteiger partial charge in [0.1, 0.15) is 11.6 Å². The van der Waals surface area contributed by atoms with E-state index in [0.29, 0.717) is 18.1 Å². The van der Waals surface area contributed by atoms with Crippen LogP contribution in [0.5, 0.6) is 0 Å². The number of carbonyl (C=O) groups excluding carboxylic acids is 1. The molecule has 1 aliphatic rings. The average molecular weight is 344 g/mol. The molecule has 0 spiro atoms. The average Bonchev–Trinajstić information content (AvgIpc) is 3.16. The molecule has 0 saturated carbocycles. The van der Waals surface area contributed by atoms with E-state index < -0.39 is 0 Å². The van der Waals surface area contributed by atoms with Crippen LogP contribution < -0.4 is 5.56 Å². The Bertz CT molecular complexity index is 818. The van der Waals surface area contributed by atoms with E-state index >= 15 is 0 Å². The fraction of sp³-hybridized carbons (Fsp3) is 0.556. The number of hydrogen-bond donors (Lipinski definition) is 1. The molecule has 0 aromatic carbocycles. The number of amides is 1. The van der Waals surface area contributed by atoms with Gasteiger partial charge in [-0.2, -0.15) is 0 Å². The van der Waals surface area contributed by atoms with E-state index in [1.165, 1.54) is 6.07 Å². The van der Waals surface area contributed by atoms with Crippen molar-refractivity contribution < 1.29 is 9.32 Å². The van der Waals surface area contributed by atoms with Crippen LogP contribution in [-0.2, 0) is 11.2 Å². The van der Waals surface area contributed by atoms with Crippen LogP contribution in [0, 0.1) is 13.8 Å². The smallest absolute Gasteiger partial charge is 0.251 e. The number of aryl methyl sites for hydroxylation is 2. The number of rotatable bonds is 4. The van der Waals surface area contributed by atoms with Crippen LogP contribution in [0.2, 0.25) is 0 Å². The van der Waals surface area contributed by atoms with Crippen molar-refractivity contribution in [3.05, 3.63) is 45.0 Å². The van der Waals surface area contributed by atoms with Gasteiger partial charge in [0.05, 0.1) is 23.9 Å². The number of aromatic nitrogens is 3. The number of aromatic amines is 1. The van der Waals surface area contributed by atoms with Crippen molar-refractivity contribution in [3.8, 4) is 0 Å². The highest BCUT2D eigenvalue weighted by atomic mass is 16.5. The van der Waals surface area contributed by atoms with Crippen molar-refractivity contribution in [2.24, 2.45) is 0 Å². The zero-order valence-corrected chi connectivity index (χ0v) is 15.1. The molecule has 1 saturated heterocycles. The summed E-state index contributed by atoms with van der Waals surface area (Å²) in [6.07, 6.45) is 1.96. The van der Waals surface area contributed by atoms with Gasteiger partial charge in [-0.3, -0.25) is 9.59 Å². The van der Waals surface area contributed by atoms with Crippen LogP contribution >= 0.6 is 0 Å². The van der Waals surface area contributed by atoms with Gasteiger partial charge in [0, 0.05) is 18.2 Å². The summed E-state index contributed by atoms with van der Waals surface area (Å²) in [4.78, 5) is 34.0. The normalized spacial score (nSPS) is 17.5. The van der Waals surface area contributed by atoms with E-state index in [2.05, 4.69) is 15.1 Å². The summed E-state index contributed by atoms with van der Waals surface area (Å²) in [6.45, 7) is 8.32. The topological polar surface area (TPSA) is 92.1 Å². The molecule has 7 nitrogen and oxygen atoms in total. The Labute approximate surface area is 146 Å². The van der Waals surface area contributed by atoms with Crippen LogP contribution in [0.4, 0.5) is 0 Å². The molecule has 0 aliphatic carbocycles. The highest BCUT2D eigenvalue weighted by Gasteiger charge is 2.32. The van der Waals surface area contributed by atoms with E-state index in [1.807, 2.05) is 32.6 Å². The molecule has 2 aromatic rings. The molecule has 1 amide bonds. The molecule has 0 bridgehead atoms. The summed E-state index contributed by atoms with van der Waals surface area (Å²) in [7, 11) is 0. The Morgan fingerprint density at radius 2 is 2.20 bits per heavy atom. The molecule has 3 heterocycles. The molecule has 2 aromatic heterocycles. The van der Waals surface area contributed by atoms with Crippen molar-refractivity contribution >= 4 is 5.91 Å².